The summed E-state index contributed by atoms with van der Waals surface area (Å²) in [6.45, 7) is 1.68. The van der Waals surface area contributed by atoms with Crippen molar-refractivity contribution < 1.29 is 13.2 Å². The summed E-state index contributed by atoms with van der Waals surface area (Å²) in [5, 5.41) is 6.43. The molecule has 0 saturated heterocycles. The van der Waals surface area contributed by atoms with Crippen LogP contribution in [0.15, 0.2) is 35.5 Å². The molecule has 2 aromatic rings. The van der Waals surface area contributed by atoms with E-state index in [-0.39, 0.29) is 17.2 Å². The molecule has 1 aromatic heterocycles. The van der Waals surface area contributed by atoms with Crippen LogP contribution in [0.1, 0.15) is 29.5 Å². The summed E-state index contributed by atoms with van der Waals surface area (Å²) in [7, 11) is -3.61. The lowest BCUT2D eigenvalue weighted by atomic mass is 10.2. The van der Waals surface area contributed by atoms with Crippen molar-refractivity contribution in [2.75, 3.05) is 6.54 Å². The summed E-state index contributed by atoms with van der Waals surface area (Å²) in [6, 6.07) is 5.98. The number of rotatable bonds is 7. The lowest BCUT2D eigenvalue weighted by Crippen LogP contribution is -2.25. The highest BCUT2D eigenvalue weighted by molar-refractivity contribution is 7.89. The number of nitrogens with zero attached hydrogens (tertiary/aromatic N) is 2. The SMILES string of the molecule is CC(=O)c1cccc(S(=O)(=O)NCCCc2ncn[nH]2)c1. The van der Waals surface area contributed by atoms with Crippen molar-refractivity contribution >= 4 is 15.8 Å². The molecule has 112 valence electrons. The van der Waals surface area contributed by atoms with Gasteiger partial charge in [0.1, 0.15) is 12.2 Å². The Morgan fingerprint density at radius 3 is 2.86 bits per heavy atom. The summed E-state index contributed by atoms with van der Waals surface area (Å²) in [5.41, 5.74) is 0.375. The monoisotopic (exact) mass is 308 g/mol. The first kappa shape index (κ1) is 15.3. The van der Waals surface area contributed by atoms with Gasteiger partial charge in [0.05, 0.1) is 4.90 Å². The number of nitrogens with one attached hydrogen (secondary N) is 2. The molecule has 2 rings (SSSR count). The molecule has 2 N–H and O–H groups in total. The fraction of sp³-hybridized carbons (Fsp3) is 0.308. The number of carbonyl (C=O) groups excluding carboxylic acids is 1. The van der Waals surface area contributed by atoms with E-state index >= 15 is 0 Å². The molecule has 0 aliphatic carbocycles. The number of benzene rings is 1. The molecule has 1 heterocycles. The Labute approximate surface area is 122 Å². The lowest BCUT2D eigenvalue weighted by molar-refractivity contribution is 0.101. The number of aromatic nitrogens is 3. The number of sulfonamides is 1. The van der Waals surface area contributed by atoms with Gasteiger partial charge in [-0.15, -0.1) is 0 Å². The molecular formula is C13H16N4O3S. The smallest absolute Gasteiger partial charge is 0.240 e. The van der Waals surface area contributed by atoms with Crippen LogP contribution in [0.5, 0.6) is 0 Å². The highest BCUT2D eigenvalue weighted by Crippen LogP contribution is 2.12. The molecule has 0 unspecified atom stereocenters. The van der Waals surface area contributed by atoms with Crippen LogP contribution in [0.25, 0.3) is 0 Å². The van der Waals surface area contributed by atoms with Gasteiger partial charge in [0, 0.05) is 18.5 Å². The molecule has 21 heavy (non-hydrogen) atoms. The van der Waals surface area contributed by atoms with Crippen molar-refractivity contribution in [2.45, 2.75) is 24.7 Å². The zero-order valence-electron chi connectivity index (χ0n) is 11.5. The topological polar surface area (TPSA) is 105 Å². The maximum atomic E-state index is 12.1. The van der Waals surface area contributed by atoms with Gasteiger partial charge in [-0.3, -0.25) is 9.89 Å². The molecule has 0 spiro atoms. The minimum absolute atomic E-state index is 0.0925. The lowest BCUT2D eigenvalue weighted by Gasteiger charge is -2.07. The van der Waals surface area contributed by atoms with Gasteiger partial charge in [0.15, 0.2) is 5.78 Å². The van der Waals surface area contributed by atoms with Crippen molar-refractivity contribution in [3.63, 3.8) is 0 Å². The molecule has 0 saturated carbocycles. The second kappa shape index (κ2) is 6.59. The van der Waals surface area contributed by atoms with E-state index in [1.54, 1.807) is 12.1 Å². The summed E-state index contributed by atoms with van der Waals surface area (Å²) in [5.74, 6) is 0.546. The molecule has 0 aliphatic heterocycles. The molecule has 1 aromatic carbocycles. The molecule has 7 nitrogen and oxygen atoms in total. The van der Waals surface area contributed by atoms with Crippen LogP contribution < -0.4 is 4.72 Å². The Morgan fingerprint density at radius 2 is 2.19 bits per heavy atom. The number of hydrogen-bond acceptors (Lipinski definition) is 5. The van der Waals surface area contributed by atoms with Crippen molar-refractivity contribution in [1.82, 2.24) is 19.9 Å². The van der Waals surface area contributed by atoms with E-state index in [9.17, 15) is 13.2 Å². The van der Waals surface area contributed by atoms with Crippen LogP contribution in [0.4, 0.5) is 0 Å². The van der Waals surface area contributed by atoms with Crippen LogP contribution >= 0.6 is 0 Å². The average molecular weight is 308 g/mol. The molecule has 0 fully saturated rings. The van der Waals surface area contributed by atoms with Gasteiger partial charge < -0.3 is 0 Å². The van der Waals surface area contributed by atoms with E-state index in [4.69, 9.17) is 0 Å². The van der Waals surface area contributed by atoms with Crippen LogP contribution in [0, 0.1) is 0 Å². The van der Waals surface area contributed by atoms with Gasteiger partial charge >= 0.3 is 0 Å². The molecule has 0 amide bonds. The first-order valence-electron chi connectivity index (χ1n) is 6.44. The first-order chi connectivity index (χ1) is 9.99. The van der Waals surface area contributed by atoms with E-state index < -0.39 is 10.0 Å². The molecule has 0 atom stereocenters. The molecule has 0 aliphatic rings. The zero-order chi connectivity index (χ0) is 15.3. The first-order valence-corrected chi connectivity index (χ1v) is 7.92. The Kier molecular flexibility index (Phi) is 4.81. The van der Waals surface area contributed by atoms with Crippen molar-refractivity contribution in [2.24, 2.45) is 0 Å². The van der Waals surface area contributed by atoms with Gasteiger partial charge in [-0.2, -0.15) is 5.10 Å². The number of ketones is 1. The largest absolute Gasteiger partial charge is 0.295 e. The average Bonchev–Trinajstić information content (AvgIpc) is 2.97. The number of aryl methyl sites for hydroxylation is 1. The number of hydrogen-bond donors (Lipinski definition) is 2. The Hall–Kier alpha value is -2.06. The molecule has 0 radical (unpaired) electrons. The predicted octanol–water partition coefficient (Wildman–Crippen LogP) is 0.918. The van der Waals surface area contributed by atoms with Gasteiger partial charge in [0.25, 0.3) is 0 Å². The van der Waals surface area contributed by atoms with Crippen molar-refractivity contribution in [1.29, 1.82) is 0 Å². The number of Topliss-reactive ketones (excluding diaryl/α,β-unsaturated/α-hetero) is 1. The van der Waals surface area contributed by atoms with Gasteiger partial charge in [-0.1, -0.05) is 12.1 Å². The highest BCUT2D eigenvalue weighted by Gasteiger charge is 2.14. The number of carbonyl (C=O) groups is 1. The fourth-order valence-corrected chi connectivity index (χ4v) is 2.90. The van der Waals surface area contributed by atoms with E-state index in [2.05, 4.69) is 19.9 Å². The second-order valence-corrected chi connectivity index (χ2v) is 6.28. The minimum atomic E-state index is -3.61. The van der Waals surface area contributed by atoms with Crippen LogP contribution in [0.2, 0.25) is 0 Å². The number of H-pyrrole nitrogens is 1. The predicted molar refractivity (Wildman–Crippen MR) is 76.3 cm³/mol. The van der Waals surface area contributed by atoms with Gasteiger partial charge in [0.2, 0.25) is 10.0 Å². The van der Waals surface area contributed by atoms with Crippen LogP contribution in [-0.4, -0.2) is 35.9 Å². The quantitative estimate of drug-likeness (QED) is 0.584. The summed E-state index contributed by atoms with van der Waals surface area (Å²) in [4.78, 5) is 15.3. The van der Waals surface area contributed by atoms with E-state index in [0.29, 0.717) is 24.2 Å². The summed E-state index contributed by atoms with van der Waals surface area (Å²) in [6.07, 6.45) is 2.61. The van der Waals surface area contributed by atoms with E-state index in [1.807, 2.05) is 0 Å². The standard InChI is InChI=1S/C13H16N4O3S/c1-10(18)11-4-2-5-12(8-11)21(19,20)16-7-3-6-13-14-9-15-17-13/h2,4-5,8-9,16H,3,6-7H2,1H3,(H,14,15,17). The second-order valence-electron chi connectivity index (χ2n) is 4.52. The fourth-order valence-electron chi connectivity index (χ4n) is 1.78. The molecular weight excluding hydrogens is 292 g/mol. The zero-order valence-corrected chi connectivity index (χ0v) is 12.4. The number of aromatic amines is 1. The van der Waals surface area contributed by atoms with Crippen LogP contribution in [-0.2, 0) is 16.4 Å². The molecule has 0 bridgehead atoms. The van der Waals surface area contributed by atoms with Crippen molar-refractivity contribution in [3.8, 4) is 0 Å². The third-order valence-corrected chi connectivity index (χ3v) is 4.36. The normalized spacial score (nSPS) is 11.5. The molecule has 8 heteroatoms. The van der Waals surface area contributed by atoms with Gasteiger partial charge in [-0.25, -0.2) is 18.1 Å². The van der Waals surface area contributed by atoms with Crippen molar-refractivity contribution in [3.05, 3.63) is 42.0 Å². The maximum Gasteiger partial charge on any atom is 0.240 e. The van der Waals surface area contributed by atoms with Crippen LogP contribution in [0.3, 0.4) is 0 Å². The highest BCUT2D eigenvalue weighted by atomic mass is 32.2. The summed E-state index contributed by atoms with van der Waals surface area (Å²) < 4.78 is 26.7. The maximum absolute atomic E-state index is 12.1. The third-order valence-electron chi connectivity index (χ3n) is 2.90. The Bertz CT molecular complexity index is 711. The Morgan fingerprint density at radius 1 is 1.38 bits per heavy atom. The van der Waals surface area contributed by atoms with E-state index in [0.717, 1.165) is 0 Å². The Balaban J connectivity index is 1.95. The third kappa shape index (κ3) is 4.20. The minimum Gasteiger partial charge on any atom is -0.295 e. The van der Waals surface area contributed by atoms with E-state index in [1.165, 1.54) is 25.4 Å². The van der Waals surface area contributed by atoms with Gasteiger partial charge in [-0.05, 0) is 25.5 Å². The summed E-state index contributed by atoms with van der Waals surface area (Å²) >= 11 is 0.